The van der Waals surface area contributed by atoms with Crippen LogP contribution in [0.2, 0.25) is 0 Å². The predicted molar refractivity (Wildman–Crippen MR) is 63.1 cm³/mol. The fourth-order valence-corrected chi connectivity index (χ4v) is 2.37. The minimum absolute atomic E-state index is 0.190. The van der Waals surface area contributed by atoms with Gasteiger partial charge in [0, 0.05) is 12.1 Å². The Morgan fingerprint density at radius 1 is 1.39 bits per heavy atom. The van der Waals surface area contributed by atoms with Crippen molar-refractivity contribution in [3.8, 4) is 0 Å². The van der Waals surface area contributed by atoms with Gasteiger partial charge in [-0.2, -0.15) is 13.2 Å². The average molecular weight is 266 g/mol. The van der Waals surface area contributed by atoms with Crippen molar-refractivity contribution in [2.24, 2.45) is 5.41 Å². The van der Waals surface area contributed by atoms with Crippen molar-refractivity contribution in [2.75, 3.05) is 13.1 Å². The molecule has 6 heteroatoms. The summed E-state index contributed by atoms with van der Waals surface area (Å²) in [6, 6.07) is 0. The van der Waals surface area contributed by atoms with Gasteiger partial charge in [-0.1, -0.05) is 13.3 Å². The van der Waals surface area contributed by atoms with E-state index in [0.29, 0.717) is 6.42 Å². The van der Waals surface area contributed by atoms with Gasteiger partial charge < -0.3 is 10.6 Å². The Morgan fingerprint density at radius 2 is 2.00 bits per heavy atom. The Kier molecular flexibility index (Phi) is 4.30. The third-order valence-electron chi connectivity index (χ3n) is 3.46. The standard InChI is InChI=1S/C12H21F3N2O/c1-4-5-10(2,3)17-9(18)11(12(13,14)15)6-7-16-8-11/h16H,4-8H2,1-3H3,(H,17,18). The van der Waals surface area contributed by atoms with Gasteiger partial charge in [-0.05, 0) is 33.2 Å². The van der Waals surface area contributed by atoms with Crippen molar-refractivity contribution in [3.05, 3.63) is 0 Å². The molecule has 1 heterocycles. The van der Waals surface area contributed by atoms with E-state index in [9.17, 15) is 18.0 Å². The summed E-state index contributed by atoms with van der Waals surface area (Å²) in [6.45, 7) is 5.33. The number of amides is 1. The molecule has 0 radical (unpaired) electrons. The summed E-state index contributed by atoms with van der Waals surface area (Å²) in [5.74, 6) is -0.904. The zero-order valence-corrected chi connectivity index (χ0v) is 11.1. The van der Waals surface area contributed by atoms with Gasteiger partial charge in [-0.25, -0.2) is 0 Å². The number of halogens is 3. The highest BCUT2D eigenvalue weighted by Crippen LogP contribution is 2.43. The highest BCUT2D eigenvalue weighted by Gasteiger charge is 2.61. The molecule has 18 heavy (non-hydrogen) atoms. The summed E-state index contributed by atoms with van der Waals surface area (Å²) in [5.41, 5.74) is -2.87. The molecule has 1 aliphatic heterocycles. The Labute approximate surface area is 106 Å². The van der Waals surface area contributed by atoms with E-state index in [-0.39, 0.29) is 19.5 Å². The molecule has 2 N–H and O–H groups in total. The molecule has 1 unspecified atom stereocenters. The third-order valence-corrected chi connectivity index (χ3v) is 3.46. The zero-order chi connectivity index (χ0) is 14.0. The first-order valence-corrected chi connectivity index (χ1v) is 6.25. The largest absolute Gasteiger partial charge is 0.404 e. The van der Waals surface area contributed by atoms with Crippen LogP contribution in [-0.4, -0.2) is 30.7 Å². The second-order valence-corrected chi connectivity index (χ2v) is 5.59. The van der Waals surface area contributed by atoms with E-state index in [1.807, 2.05) is 6.92 Å². The Bertz CT molecular complexity index is 307. The number of nitrogens with one attached hydrogen (secondary N) is 2. The molecule has 0 aromatic rings. The van der Waals surface area contributed by atoms with Crippen molar-refractivity contribution >= 4 is 5.91 Å². The van der Waals surface area contributed by atoms with Crippen LogP contribution in [0.3, 0.4) is 0 Å². The van der Waals surface area contributed by atoms with Crippen LogP contribution >= 0.6 is 0 Å². The van der Waals surface area contributed by atoms with Crippen LogP contribution in [0.25, 0.3) is 0 Å². The Morgan fingerprint density at radius 3 is 2.39 bits per heavy atom. The highest BCUT2D eigenvalue weighted by molar-refractivity contribution is 5.84. The lowest BCUT2D eigenvalue weighted by Crippen LogP contribution is -2.57. The topological polar surface area (TPSA) is 41.1 Å². The van der Waals surface area contributed by atoms with E-state index < -0.39 is 23.0 Å². The molecule has 106 valence electrons. The molecule has 1 atom stereocenters. The molecule has 1 saturated heterocycles. The van der Waals surface area contributed by atoms with Gasteiger partial charge in [0.25, 0.3) is 0 Å². The normalized spacial score (nSPS) is 25.2. The van der Waals surface area contributed by atoms with E-state index in [1.165, 1.54) is 0 Å². The molecule has 0 aromatic heterocycles. The highest BCUT2D eigenvalue weighted by atomic mass is 19.4. The van der Waals surface area contributed by atoms with Crippen LogP contribution in [0.1, 0.15) is 40.0 Å². The molecular weight excluding hydrogens is 245 g/mol. The SMILES string of the molecule is CCCC(C)(C)NC(=O)C1(C(F)(F)F)CCNC1. The van der Waals surface area contributed by atoms with E-state index >= 15 is 0 Å². The molecule has 1 fully saturated rings. The molecule has 1 amide bonds. The lowest BCUT2D eigenvalue weighted by Gasteiger charge is -2.34. The smallest absolute Gasteiger partial charge is 0.350 e. The van der Waals surface area contributed by atoms with Crippen molar-refractivity contribution in [2.45, 2.75) is 51.7 Å². The first-order chi connectivity index (χ1) is 8.15. The van der Waals surface area contributed by atoms with Crippen molar-refractivity contribution in [1.29, 1.82) is 0 Å². The number of carbonyl (C=O) groups is 1. The number of alkyl halides is 3. The lowest BCUT2D eigenvalue weighted by atomic mass is 9.83. The summed E-state index contributed by atoms with van der Waals surface area (Å²) < 4.78 is 39.4. The zero-order valence-electron chi connectivity index (χ0n) is 11.1. The summed E-state index contributed by atoms with van der Waals surface area (Å²) >= 11 is 0. The van der Waals surface area contributed by atoms with E-state index in [4.69, 9.17) is 0 Å². The maximum Gasteiger partial charge on any atom is 0.404 e. The fraction of sp³-hybridized carbons (Fsp3) is 0.917. The molecule has 0 spiro atoms. The Balaban J connectivity index is 2.86. The van der Waals surface area contributed by atoms with Crippen LogP contribution < -0.4 is 10.6 Å². The van der Waals surface area contributed by atoms with E-state index in [1.54, 1.807) is 13.8 Å². The summed E-state index contributed by atoms with van der Waals surface area (Å²) in [7, 11) is 0. The maximum atomic E-state index is 13.1. The second-order valence-electron chi connectivity index (χ2n) is 5.59. The maximum absolute atomic E-state index is 13.1. The molecule has 1 aliphatic rings. The van der Waals surface area contributed by atoms with Crippen molar-refractivity contribution in [3.63, 3.8) is 0 Å². The molecular formula is C12H21F3N2O. The fourth-order valence-electron chi connectivity index (χ4n) is 2.37. The molecule has 0 aliphatic carbocycles. The number of hydrogen-bond donors (Lipinski definition) is 2. The molecule has 0 saturated carbocycles. The summed E-state index contributed by atoms with van der Waals surface area (Å²) in [6.07, 6.45) is -3.24. The predicted octanol–water partition coefficient (Wildman–Crippen LogP) is 2.22. The number of carbonyl (C=O) groups excluding carboxylic acids is 1. The quantitative estimate of drug-likeness (QED) is 0.819. The summed E-state index contributed by atoms with van der Waals surface area (Å²) in [5, 5.41) is 5.19. The van der Waals surface area contributed by atoms with Gasteiger partial charge in [0.05, 0.1) is 0 Å². The van der Waals surface area contributed by atoms with Crippen LogP contribution in [0.15, 0.2) is 0 Å². The minimum atomic E-state index is -4.51. The van der Waals surface area contributed by atoms with Gasteiger partial charge in [0.15, 0.2) is 5.41 Å². The lowest BCUT2D eigenvalue weighted by molar-refractivity contribution is -0.216. The van der Waals surface area contributed by atoms with Gasteiger partial charge in [0.1, 0.15) is 0 Å². The van der Waals surface area contributed by atoms with E-state index in [2.05, 4.69) is 10.6 Å². The first kappa shape index (κ1) is 15.3. The molecule has 3 nitrogen and oxygen atoms in total. The van der Waals surface area contributed by atoms with Crippen molar-refractivity contribution in [1.82, 2.24) is 10.6 Å². The number of hydrogen-bond acceptors (Lipinski definition) is 2. The third kappa shape index (κ3) is 2.96. The summed E-state index contributed by atoms with van der Waals surface area (Å²) in [4.78, 5) is 12.0. The van der Waals surface area contributed by atoms with Crippen molar-refractivity contribution < 1.29 is 18.0 Å². The Hall–Kier alpha value is -0.780. The number of rotatable bonds is 4. The van der Waals surface area contributed by atoms with Gasteiger partial charge >= 0.3 is 6.18 Å². The van der Waals surface area contributed by atoms with E-state index in [0.717, 1.165) is 6.42 Å². The van der Waals surface area contributed by atoms with Gasteiger partial charge in [-0.15, -0.1) is 0 Å². The molecule has 1 rings (SSSR count). The monoisotopic (exact) mass is 266 g/mol. The van der Waals surface area contributed by atoms with Crippen LogP contribution in [0, 0.1) is 5.41 Å². The molecule has 0 bridgehead atoms. The van der Waals surface area contributed by atoms with Crippen LogP contribution in [-0.2, 0) is 4.79 Å². The average Bonchev–Trinajstić information content (AvgIpc) is 2.64. The first-order valence-electron chi connectivity index (χ1n) is 6.25. The van der Waals surface area contributed by atoms with Crippen LogP contribution in [0.4, 0.5) is 13.2 Å². The van der Waals surface area contributed by atoms with Gasteiger partial charge in [-0.3, -0.25) is 4.79 Å². The van der Waals surface area contributed by atoms with Crippen LogP contribution in [0.5, 0.6) is 0 Å². The van der Waals surface area contributed by atoms with Gasteiger partial charge in [0.2, 0.25) is 5.91 Å². The minimum Gasteiger partial charge on any atom is -0.350 e. The molecule has 0 aromatic carbocycles. The second kappa shape index (κ2) is 5.07.